The summed E-state index contributed by atoms with van der Waals surface area (Å²) in [4.78, 5) is 9.69. The topological polar surface area (TPSA) is 114 Å². The van der Waals surface area contributed by atoms with Crippen molar-refractivity contribution in [3.05, 3.63) is 47.5 Å². The molecular formula is C25H32N4O4. The van der Waals surface area contributed by atoms with Crippen LogP contribution in [0.3, 0.4) is 0 Å². The van der Waals surface area contributed by atoms with Crippen LogP contribution in [0.2, 0.25) is 0 Å². The number of nitrogens with zero attached hydrogens (tertiary/aromatic N) is 3. The molecule has 4 rings (SSSR count). The number of benzene rings is 1. The van der Waals surface area contributed by atoms with Gasteiger partial charge in [-0.2, -0.15) is 0 Å². The van der Waals surface area contributed by atoms with Crippen molar-refractivity contribution >= 4 is 0 Å². The summed E-state index contributed by atoms with van der Waals surface area (Å²) >= 11 is 0. The van der Waals surface area contributed by atoms with E-state index in [9.17, 15) is 10.2 Å². The molecule has 1 atom stereocenters. The first kappa shape index (κ1) is 23.4. The van der Waals surface area contributed by atoms with E-state index in [4.69, 9.17) is 19.2 Å². The molecule has 3 aromatic rings. The summed E-state index contributed by atoms with van der Waals surface area (Å²) in [6.45, 7) is 6.31. The average molecular weight is 453 g/mol. The molecule has 8 nitrogen and oxygen atoms in total. The van der Waals surface area contributed by atoms with Crippen LogP contribution in [0.4, 0.5) is 0 Å². The Bertz CT molecular complexity index is 1080. The van der Waals surface area contributed by atoms with Crippen molar-refractivity contribution < 1.29 is 19.5 Å². The number of rotatable bonds is 9. The molecular weight excluding hydrogens is 420 g/mol. The normalized spacial score (nSPS) is 21.0. The third kappa shape index (κ3) is 5.58. The third-order valence-electron chi connectivity index (χ3n) is 6.00. The zero-order valence-electron chi connectivity index (χ0n) is 19.6. The highest BCUT2D eigenvalue weighted by molar-refractivity contribution is 5.67. The molecule has 1 unspecified atom stereocenters. The van der Waals surface area contributed by atoms with Crippen LogP contribution in [0.15, 0.2) is 34.9 Å². The van der Waals surface area contributed by atoms with Crippen LogP contribution in [-0.4, -0.2) is 57.2 Å². The first-order valence-corrected chi connectivity index (χ1v) is 11.3. The molecule has 2 heterocycles. The molecule has 1 aromatic carbocycles. The Hall–Kier alpha value is -2.81. The van der Waals surface area contributed by atoms with Crippen LogP contribution in [0.5, 0.6) is 5.75 Å². The molecule has 0 saturated heterocycles. The minimum Gasteiger partial charge on any atom is -0.491 e. The molecule has 8 heteroatoms. The van der Waals surface area contributed by atoms with E-state index in [-0.39, 0.29) is 6.61 Å². The lowest BCUT2D eigenvalue weighted by atomic mass is 9.70. The van der Waals surface area contributed by atoms with Crippen LogP contribution in [0.1, 0.15) is 36.9 Å². The van der Waals surface area contributed by atoms with Crippen LogP contribution >= 0.6 is 0 Å². The summed E-state index contributed by atoms with van der Waals surface area (Å²) < 4.78 is 11.1. The lowest BCUT2D eigenvalue weighted by molar-refractivity contribution is -0.0567. The predicted molar refractivity (Wildman–Crippen MR) is 125 cm³/mol. The van der Waals surface area contributed by atoms with Gasteiger partial charge in [-0.1, -0.05) is 17.3 Å². The highest BCUT2D eigenvalue weighted by Gasteiger charge is 2.38. The van der Waals surface area contributed by atoms with Gasteiger partial charge in [0.25, 0.3) is 0 Å². The van der Waals surface area contributed by atoms with E-state index in [0.717, 1.165) is 47.5 Å². The Morgan fingerprint density at radius 1 is 1.24 bits per heavy atom. The molecule has 1 aliphatic carbocycles. The van der Waals surface area contributed by atoms with Crippen molar-refractivity contribution in [3.63, 3.8) is 0 Å². The smallest absolute Gasteiger partial charge is 0.160 e. The zero-order valence-corrected chi connectivity index (χ0v) is 19.6. The van der Waals surface area contributed by atoms with Gasteiger partial charge in [-0.15, -0.1) is 0 Å². The summed E-state index contributed by atoms with van der Waals surface area (Å²) in [5.74, 6) is 2.34. The molecule has 176 valence electrons. The van der Waals surface area contributed by atoms with Crippen LogP contribution < -0.4 is 10.1 Å². The number of aliphatic hydroxyl groups is 2. The molecule has 1 aliphatic rings. The molecule has 0 radical (unpaired) electrons. The first-order valence-electron chi connectivity index (χ1n) is 11.3. The van der Waals surface area contributed by atoms with Crippen LogP contribution in [0, 0.1) is 19.8 Å². The minimum absolute atomic E-state index is 0.192. The number of nitrogens with one attached hydrogen (secondary N) is 1. The number of ether oxygens (including phenoxy) is 1. The fourth-order valence-electron chi connectivity index (χ4n) is 4.54. The molecule has 1 fully saturated rings. The summed E-state index contributed by atoms with van der Waals surface area (Å²) in [6.07, 6.45) is 1.72. The minimum atomic E-state index is -0.593. The average Bonchev–Trinajstić information content (AvgIpc) is 3.09. The van der Waals surface area contributed by atoms with E-state index in [1.807, 2.05) is 51.1 Å². The summed E-state index contributed by atoms with van der Waals surface area (Å²) in [5.41, 5.74) is 3.60. The Labute approximate surface area is 194 Å². The van der Waals surface area contributed by atoms with Gasteiger partial charge in [-0.3, -0.25) is 0 Å². The van der Waals surface area contributed by atoms with E-state index < -0.39 is 11.7 Å². The van der Waals surface area contributed by atoms with E-state index in [0.29, 0.717) is 29.8 Å². The molecule has 0 amide bonds. The monoisotopic (exact) mass is 452 g/mol. The predicted octanol–water partition coefficient (Wildman–Crippen LogP) is 3.08. The van der Waals surface area contributed by atoms with Gasteiger partial charge in [0.05, 0.1) is 22.6 Å². The molecule has 1 saturated carbocycles. The highest BCUT2D eigenvalue weighted by atomic mass is 16.5. The van der Waals surface area contributed by atoms with Crippen molar-refractivity contribution in [2.75, 3.05) is 20.2 Å². The van der Waals surface area contributed by atoms with Crippen molar-refractivity contribution in [3.8, 4) is 28.4 Å². The lowest BCUT2D eigenvalue weighted by Gasteiger charge is -2.40. The second kappa shape index (κ2) is 9.59. The van der Waals surface area contributed by atoms with E-state index >= 15 is 0 Å². The van der Waals surface area contributed by atoms with Gasteiger partial charge in [0, 0.05) is 17.8 Å². The number of hydrogen-bond donors (Lipinski definition) is 3. The standard InChI is InChI=1S/C25H32N4O4/c1-15-23(16(2)33-29-15)22-10-19(8-17-11-25(3,31)12-17)27-24(28-22)18-6-5-7-21(9-18)32-14-20(30)13-26-4/h5-7,9-10,17,20,26,30-31H,8,11-14H2,1-4H3. The lowest BCUT2D eigenvalue weighted by Crippen LogP contribution is -2.41. The second-order valence-electron chi connectivity index (χ2n) is 9.29. The van der Waals surface area contributed by atoms with Crippen molar-refractivity contribution in [1.29, 1.82) is 0 Å². The summed E-state index contributed by atoms with van der Waals surface area (Å²) in [5, 5.41) is 27.1. The largest absolute Gasteiger partial charge is 0.491 e. The highest BCUT2D eigenvalue weighted by Crippen LogP contribution is 2.39. The van der Waals surface area contributed by atoms with Gasteiger partial charge in [-0.25, -0.2) is 9.97 Å². The number of aliphatic hydroxyl groups excluding tert-OH is 1. The third-order valence-corrected chi connectivity index (χ3v) is 6.00. The van der Waals surface area contributed by atoms with Gasteiger partial charge < -0.3 is 24.8 Å². The van der Waals surface area contributed by atoms with Crippen molar-refractivity contribution in [2.24, 2.45) is 5.92 Å². The zero-order chi connectivity index (χ0) is 23.6. The first-order chi connectivity index (χ1) is 15.7. The summed E-state index contributed by atoms with van der Waals surface area (Å²) in [6, 6.07) is 9.57. The number of aryl methyl sites for hydroxylation is 2. The fourth-order valence-corrected chi connectivity index (χ4v) is 4.54. The number of hydrogen-bond acceptors (Lipinski definition) is 8. The van der Waals surface area contributed by atoms with Gasteiger partial charge in [0.1, 0.15) is 24.2 Å². The maximum atomic E-state index is 10.1. The van der Waals surface area contributed by atoms with Gasteiger partial charge in [0.15, 0.2) is 5.82 Å². The quantitative estimate of drug-likeness (QED) is 0.454. The number of aromatic nitrogens is 3. The van der Waals surface area contributed by atoms with Crippen LogP contribution in [-0.2, 0) is 6.42 Å². The molecule has 0 bridgehead atoms. The van der Waals surface area contributed by atoms with Crippen molar-refractivity contribution in [2.45, 2.75) is 51.7 Å². The molecule has 0 aliphatic heterocycles. The Morgan fingerprint density at radius 3 is 2.70 bits per heavy atom. The molecule has 33 heavy (non-hydrogen) atoms. The fraction of sp³-hybridized carbons (Fsp3) is 0.480. The maximum absolute atomic E-state index is 10.1. The Morgan fingerprint density at radius 2 is 2.03 bits per heavy atom. The molecule has 0 spiro atoms. The van der Waals surface area contributed by atoms with Gasteiger partial charge >= 0.3 is 0 Å². The number of likely N-dealkylation sites (N-methyl/N-ethyl adjacent to an activating group) is 1. The second-order valence-corrected chi connectivity index (χ2v) is 9.29. The summed E-state index contributed by atoms with van der Waals surface area (Å²) in [7, 11) is 1.79. The SMILES string of the molecule is CNCC(O)COc1cccc(-c2nc(CC3CC(C)(O)C3)cc(-c3c(C)noc3C)n2)c1. The molecule has 2 aromatic heterocycles. The van der Waals surface area contributed by atoms with Gasteiger partial charge in [0.2, 0.25) is 0 Å². The maximum Gasteiger partial charge on any atom is 0.160 e. The van der Waals surface area contributed by atoms with Crippen molar-refractivity contribution in [1.82, 2.24) is 20.4 Å². The Balaban J connectivity index is 1.65. The Kier molecular flexibility index (Phi) is 6.78. The molecule has 3 N–H and O–H groups in total. The van der Waals surface area contributed by atoms with Gasteiger partial charge in [-0.05, 0) is 71.2 Å². The van der Waals surface area contributed by atoms with E-state index in [1.165, 1.54) is 0 Å². The van der Waals surface area contributed by atoms with E-state index in [1.54, 1.807) is 7.05 Å². The van der Waals surface area contributed by atoms with Crippen LogP contribution in [0.25, 0.3) is 22.6 Å². The van der Waals surface area contributed by atoms with E-state index in [2.05, 4.69) is 10.5 Å².